The molecule has 0 radical (unpaired) electrons. The first-order valence-corrected chi connectivity index (χ1v) is 7.96. The van der Waals surface area contributed by atoms with Gasteiger partial charge >= 0.3 is 5.97 Å². The van der Waals surface area contributed by atoms with Gasteiger partial charge in [0.1, 0.15) is 5.75 Å². The van der Waals surface area contributed by atoms with Crippen molar-refractivity contribution in [3.63, 3.8) is 0 Å². The summed E-state index contributed by atoms with van der Waals surface area (Å²) in [5.74, 6) is 0.149. The normalized spacial score (nSPS) is 11.5. The van der Waals surface area contributed by atoms with Crippen molar-refractivity contribution >= 4 is 16.7 Å². The number of carboxylic acids is 1. The van der Waals surface area contributed by atoms with E-state index < -0.39 is 11.4 Å². The molecule has 0 saturated heterocycles. The quantitative estimate of drug-likeness (QED) is 0.706. The summed E-state index contributed by atoms with van der Waals surface area (Å²) in [5, 5.41) is 11.8. The highest BCUT2D eigenvalue weighted by Gasteiger charge is 2.33. The van der Waals surface area contributed by atoms with Crippen LogP contribution in [-0.4, -0.2) is 17.7 Å². The van der Waals surface area contributed by atoms with Gasteiger partial charge in [-0.05, 0) is 48.6 Å². The maximum absolute atomic E-state index is 11.5. The molecule has 0 aliphatic carbocycles. The number of rotatable bonds is 8. The van der Waals surface area contributed by atoms with Gasteiger partial charge in [-0.3, -0.25) is 4.79 Å². The Bertz CT molecular complexity index is 629. The Labute approximate surface area is 131 Å². The molecule has 2 aromatic carbocycles. The van der Waals surface area contributed by atoms with Crippen LogP contribution < -0.4 is 4.74 Å². The lowest BCUT2D eigenvalue weighted by Crippen LogP contribution is -2.30. The van der Waals surface area contributed by atoms with Crippen molar-refractivity contribution in [2.24, 2.45) is 5.41 Å². The molecular weight excluding hydrogens is 276 g/mol. The number of hydrogen-bond acceptors (Lipinski definition) is 2. The monoisotopic (exact) mass is 300 g/mol. The molecule has 0 heterocycles. The third-order valence-corrected chi connectivity index (χ3v) is 4.60. The lowest BCUT2D eigenvalue weighted by atomic mass is 9.78. The van der Waals surface area contributed by atoms with Crippen LogP contribution in [0.25, 0.3) is 10.8 Å². The Morgan fingerprint density at radius 1 is 1.09 bits per heavy atom. The van der Waals surface area contributed by atoms with Crippen molar-refractivity contribution in [2.75, 3.05) is 6.61 Å². The third kappa shape index (κ3) is 3.59. The van der Waals surface area contributed by atoms with Crippen LogP contribution in [0.4, 0.5) is 0 Å². The molecule has 0 unspecified atom stereocenters. The van der Waals surface area contributed by atoms with Gasteiger partial charge in [0, 0.05) is 0 Å². The van der Waals surface area contributed by atoms with Crippen LogP contribution in [0.1, 0.15) is 39.5 Å². The molecule has 1 N–H and O–H groups in total. The van der Waals surface area contributed by atoms with Gasteiger partial charge in [0.2, 0.25) is 0 Å². The van der Waals surface area contributed by atoms with E-state index in [-0.39, 0.29) is 0 Å². The van der Waals surface area contributed by atoms with Crippen LogP contribution in [0.3, 0.4) is 0 Å². The zero-order valence-corrected chi connectivity index (χ0v) is 13.3. The Morgan fingerprint density at radius 2 is 1.77 bits per heavy atom. The summed E-state index contributed by atoms with van der Waals surface area (Å²) in [6, 6.07) is 14.2. The second kappa shape index (κ2) is 7.30. The maximum Gasteiger partial charge on any atom is 0.309 e. The summed E-state index contributed by atoms with van der Waals surface area (Å²) in [5.41, 5.74) is -0.604. The molecule has 0 spiro atoms. The SMILES string of the molecule is CCC(CC)(CCCOc1ccc2ccccc2c1)C(=O)O. The van der Waals surface area contributed by atoms with Crippen LogP contribution in [0, 0.1) is 5.41 Å². The topological polar surface area (TPSA) is 46.5 Å². The van der Waals surface area contributed by atoms with E-state index in [2.05, 4.69) is 12.1 Å². The van der Waals surface area contributed by atoms with Gasteiger partial charge in [0.05, 0.1) is 12.0 Å². The zero-order valence-electron chi connectivity index (χ0n) is 13.3. The first-order chi connectivity index (χ1) is 10.6. The van der Waals surface area contributed by atoms with E-state index in [1.165, 1.54) is 5.39 Å². The molecule has 0 saturated carbocycles. The summed E-state index contributed by atoms with van der Waals surface area (Å²) in [7, 11) is 0. The Balaban J connectivity index is 1.91. The fourth-order valence-corrected chi connectivity index (χ4v) is 2.87. The van der Waals surface area contributed by atoms with Crippen molar-refractivity contribution in [2.45, 2.75) is 39.5 Å². The second-order valence-electron chi connectivity index (χ2n) is 5.75. The number of ether oxygens (including phenoxy) is 1. The number of aliphatic carboxylic acids is 1. The van der Waals surface area contributed by atoms with Crippen LogP contribution >= 0.6 is 0 Å². The Morgan fingerprint density at radius 3 is 2.41 bits per heavy atom. The van der Waals surface area contributed by atoms with Crippen LogP contribution in [0.15, 0.2) is 42.5 Å². The molecule has 0 aliphatic rings. The Kier molecular flexibility index (Phi) is 5.42. The molecule has 3 heteroatoms. The van der Waals surface area contributed by atoms with E-state index >= 15 is 0 Å². The average Bonchev–Trinajstić information content (AvgIpc) is 2.55. The average molecular weight is 300 g/mol. The summed E-state index contributed by atoms with van der Waals surface area (Å²) >= 11 is 0. The molecule has 0 bridgehead atoms. The predicted octanol–water partition coefficient (Wildman–Crippen LogP) is 4.89. The number of benzene rings is 2. The highest BCUT2D eigenvalue weighted by atomic mass is 16.5. The number of carbonyl (C=O) groups is 1. The highest BCUT2D eigenvalue weighted by Crippen LogP contribution is 2.32. The second-order valence-corrected chi connectivity index (χ2v) is 5.75. The minimum Gasteiger partial charge on any atom is -0.494 e. The molecule has 0 fully saturated rings. The van der Waals surface area contributed by atoms with Gasteiger partial charge in [0.15, 0.2) is 0 Å². The highest BCUT2D eigenvalue weighted by molar-refractivity contribution is 5.83. The molecule has 2 rings (SSSR count). The minimum atomic E-state index is -0.691. The van der Waals surface area contributed by atoms with Crippen molar-refractivity contribution in [1.29, 1.82) is 0 Å². The van der Waals surface area contributed by atoms with E-state index in [0.717, 1.165) is 17.6 Å². The summed E-state index contributed by atoms with van der Waals surface area (Å²) < 4.78 is 5.79. The van der Waals surface area contributed by atoms with Gasteiger partial charge in [-0.25, -0.2) is 0 Å². The van der Waals surface area contributed by atoms with Crippen molar-refractivity contribution in [3.8, 4) is 5.75 Å². The lowest BCUT2D eigenvalue weighted by Gasteiger charge is -2.26. The molecule has 22 heavy (non-hydrogen) atoms. The van der Waals surface area contributed by atoms with Crippen LogP contribution in [0.2, 0.25) is 0 Å². The molecule has 3 nitrogen and oxygen atoms in total. The number of hydrogen-bond donors (Lipinski definition) is 1. The van der Waals surface area contributed by atoms with Crippen LogP contribution in [-0.2, 0) is 4.79 Å². The van der Waals surface area contributed by atoms with Gasteiger partial charge in [-0.15, -0.1) is 0 Å². The predicted molar refractivity (Wildman–Crippen MR) is 89.3 cm³/mol. The molecule has 0 atom stereocenters. The summed E-state index contributed by atoms with van der Waals surface area (Å²) in [6.45, 7) is 4.44. The van der Waals surface area contributed by atoms with Crippen molar-refractivity contribution in [3.05, 3.63) is 42.5 Å². The fraction of sp³-hybridized carbons (Fsp3) is 0.421. The van der Waals surface area contributed by atoms with E-state index in [1.54, 1.807) is 0 Å². The van der Waals surface area contributed by atoms with E-state index in [9.17, 15) is 9.90 Å². The van der Waals surface area contributed by atoms with Gasteiger partial charge in [0.25, 0.3) is 0 Å². The van der Waals surface area contributed by atoms with Gasteiger partial charge in [-0.2, -0.15) is 0 Å². The van der Waals surface area contributed by atoms with Crippen molar-refractivity contribution < 1.29 is 14.6 Å². The van der Waals surface area contributed by atoms with Gasteiger partial charge < -0.3 is 9.84 Å². The smallest absolute Gasteiger partial charge is 0.309 e. The Hall–Kier alpha value is -2.03. The molecular formula is C19H24O3. The molecule has 0 aliphatic heterocycles. The van der Waals surface area contributed by atoms with Crippen molar-refractivity contribution in [1.82, 2.24) is 0 Å². The first-order valence-electron chi connectivity index (χ1n) is 7.96. The maximum atomic E-state index is 11.5. The molecule has 118 valence electrons. The first kappa shape index (κ1) is 16.3. The molecule has 0 aromatic heterocycles. The summed E-state index contributed by atoms with van der Waals surface area (Å²) in [6.07, 6.45) is 2.73. The standard InChI is InChI=1S/C19H24O3/c1-3-19(4-2,18(20)21)12-7-13-22-17-11-10-15-8-5-6-9-16(15)14-17/h5-6,8-11,14H,3-4,7,12-13H2,1-2H3,(H,20,21). The van der Waals surface area contributed by atoms with E-state index in [4.69, 9.17) is 4.74 Å². The minimum absolute atomic E-state index is 0.549. The summed E-state index contributed by atoms with van der Waals surface area (Å²) in [4.78, 5) is 11.5. The zero-order chi connectivity index (χ0) is 16.0. The lowest BCUT2D eigenvalue weighted by molar-refractivity contribution is -0.150. The number of carboxylic acid groups (broad SMARTS) is 1. The van der Waals surface area contributed by atoms with Gasteiger partial charge in [-0.1, -0.05) is 44.2 Å². The van der Waals surface area contributed by atoms with E-state index in [1.807, 2.05) is 44.2 Å². The molecule has 0 amide bonds. The third-order valence-electron chi connectivity index (χ3n) is 4.60. The largest absolute Gasteiger partial charge is 0.494 e. The fourth-order valence-electron chi connectivity index (χ4n) is 2.87. The number of fused-ring (bicyclic) bond motifs is 1. The van der Waals surface area contributed by atoms with Crippen LogP contribution in [0.5, 0.6) is 5.75 Å². The van der Waals surface area contributed by atoms with E-state index in [0.29, 0.717) is 25.9 Å². The molecule has 2 aromatic rings.